The van der Waals surface area contributed by atoms with Crippen LogP contribution in [0.4, 0.5) is 0 Å². The van der Waals surface area contributed by atoms with Gasteiger partial charge in [0.2, 0.25) is 5.90 Å². The second kappa shape index (κ2) is 8.04. The summed E-state index contributed by atoms with van der Waals surface area (Å²) in [6, 6.07) is 0. The molecule has 0 spiro atoms. The van der Waals surface area contributed by atoms with Crippen molar-refractivity contribution in [3.05, 3.63) is 12.2 Å². The van der Waals surface area contributed by atoms with Gasteiger partial charge in [-0.05, 0) is 24.6 Å². The zero-order valence-electron chi connectivity index (χ0n) is 12.7. The van der Waals surface area contributed by atoms with E-state index in [1.807, 2.05) is 6.08 Å². The van der Waals surface area contributed by atoms with Gasteiger partial charge in [0.25, 0.3) is 3.79 Å². The lowest BCUT2D eigenvalue weighted by Gasteiger charge is -2.36. The van der Waals surface area contributed by atoms with Crippen LogP contribution in [-0.4, -0.2) is 31.2 Å². The molecular formula is C13H24Cl3NO2Si. The summed E-state index contributed by atoms with van der Waals surface area (Å²) < 4.78 is 9.20. The van der Waals surface area contributed by atoms with Crippen molar-refractivity contribution in [2.75, 3.05) is 13.2 Å². The number of hydrogen-bond acceptors (Lipinski definition) is 3. The third-order valence-corrected chi connectivity index (χ3v) is 8.35. The minimum atomic E-state index is -1.79. The van der Waals surface area contributed by atoms with Crippen LogP contribution < -0.4 is 0 Å². The van der Waals surface area contributed by atoms with Crippen molar-refractivity contribution in [2.45, 2.75) is 49.1 Å². The van der Waals surface area contributed by atoms with Crippen molar-refractivity contribution in [2.24, 2.45) is 0 Å². The number of hydrogen-bond donors (Lipinski definition) is 1. The zero-order chi connectivity index (χ0) is 16.0. The summed E-state index contributed by atoms with van der Waals surface area (Å²) in [5.41, 5.74) is 0. The average molecular weight is 361 g/mol. The summed E-state index contributed by atoms with van der Waals surface area (Å²) in [4.78, 5) is 0. The van der Waals surface area contributed by atoms with E-state index in [0.29, 0.717) is 6.61 Å². The number of rotatable bonds is 6. The van der Waals surface area contributed by atoms with E-state index < -0.39 is 12.1 Å². The Hall–Kier alpha value is 0.257. The number of ether oxygens (including phenoxy) is 1. The Morgan fingerprint density at radius 3 is 2.15 bits per heavy atom. The van der Waals surface area contributed by atoms with Crippen LogP contribution in [0.1, 0.15) is 27.2 Å². The molecule has 1 N–H and O–H groups in total. The van der Waals surface area contributed by atoms with Crippen molar-refractivity contribution in [3.63, 3.8) is 0 Å². The van der Waals surface area contributed by atoms with E-state index in [0.717, 1.165) is 6.42 Å². The smallest absolute Gasteiger partial charge is 0.265 e. The predicted molar refractivity (Wildman–Crippen MR) is 90.9 cm³/mol. The summed E-state index contributed by atoms with van der Waals surface area (Å²) in [5, 5.41) is 7.56. The summed E-state index contributed by atoms with van der Waals surface area (Å²) in [6.45, 7) is 12.0. The highest BCUT2D eigenvalue weighted by atomic mass is 35.6. The maximum absolute atomic E-state index is 7.34. The van der Waals surface area contributed by atoms with E-state index in [9.17, 15) is 0 Å². The maximum Gasteiger partial charge on any atom is 0.265 e. The van der Waals surface area contributed by atoms with Crippen LogP contribution in [0.25, 0.3) is 0 Å². The summed E-state index contributed by atoms with van der Waals surface area (Å²) in [5.74, 6) is -0.371. The molecule has 0 aliphatic rings. The van der Waals surface area contributed by atoms with Gasteiger partial charge in [-0.25, -0.2) is 0 Å². The molecule has 0 aromatic heterocycles. The van der Waals surface area contributed by atoms with E-state index >= 15 is 0 Å². The van der Waals surface area contributed by atoms with E-state index in [1.165, 1.54) is 0 Å². The fraction of sp³-hybridized carbons (Fsp3) is 0.769. The van der Waals surface area contributed by atoms with Crippen molar-refractivity contribution >= 4 is 49.0 Å². The van der Waals surface area contributed by atoms with Crippen molar-refractivity contribution < 1.29 is 9.16 Å². The molecular weight excluding hydrogens is 337 g/mol. The molecule has 0 aromatic carbocycles. The Morgan fingerprint density at radius 1 is 1.15 bits per heavy atom. The molecule has 0 bridgehead atoms. The molecule has 0 rings (SSSR count). The van der Waals surface area contributed by atoms with Crippen LogP contribution in [-0.2, 0) is 9.16 Å². The van der Waals surface area contributed by atoms with Crippen molar-refractivity contribution in [1.82, 2.24) is 0 Å². The second-order valence-electron chi connectivity index (χ2n) is 6.01. The molecule has 3 nitrogen and oxygen atoms in total. The molecule has 0 radical (unpaired) electrons. The molecule has 20 heavy (non-hydrogen) atoms. The van der Waals surface area contributed by atoms with Gasteiger partial charge in [0.1, 0.15) is 6.61 Å². The second-order valence-corrected chi connectivity index (χ2v) is 13.1. The molecule has 0 aromatic rings. The van der Waals surface area contributed by atoms with Crippen LogP contribution in [0.5, 0.6) is 0 Å². The fourth-order valence-electron chi connectivity index (χ4n) is 0.998. The third kappa shape index (κ3) is 7.89. The third-order valence-electron chi connectivity index (χ3n) is 3.30. The summed E-state index contributed by atoms with van der Waals surface area (Å²) >= 11 is 16.4. The minimum absolute atomic E-state index is 0.215. The van der Waals surface area contributed by atoms with E-state index in [4.69, 9.17) is 49.4 Å². The van der Waals surface area contributed by atoms with Gasteiger partial charge in [0, 0.05) is 6.61 Å². The molecule has 0 aliphatic heterocycles. The van der Waals surface area contributed by atoms with Gasteiger partial charge in [0.05, 0.1) is 0 Å². The lowest BCUT2D eigenvalue weighted by molar-refractivity contribution is 0.293. The lowest BCUT2D eigenvalue weighted by Crippen LogP contribution is -2.40. The highest BCUT2D eigenvalue weighted by Crippen LogP contribution is 2.36. The van der Waals surface area contributed by atoms with Gasteiger partial charge < -0.3 is 9.16 Å². The quantitative estimate of drug-likeness (QED) is 0.174. The summed E-state index contributed by atoms with van der Waals surface area (Å²) in [7, 11) is -1.67. The standard InChI is InChI=1S/C13H24Cl3NO2Si/c1-12(2,3)20(4,5)19-10-8-6-7-9-18-11(17)13(14,15)16/h6-7,17H,8-10H2,1-5H3/b7-6-,17-11?. The van der Waals surface area contributed by atoms with Gasteiger partial charge in [-0.3, -0.25) is 5.41 Å². The fourth-order valence-corrected chi connectivity index (χ4v) is 2.22. The monoisotopic (exact) mass is 359 g/mol. The number of alkyl halides is 3. The first kappa shape index (κ1) is 20.3. The molecule has 0 aliphatic carbocycles. The summed E-state index contributed by atoms with van der Waals surface area (Å²) in [6.07, 6.45) is 4.54. The molecule has 0 amide bonds. The lowest BCUT2D eigenvalue weighted by atomic mass is 10.2. The SMILES string of the molecule is CC(C)(C)[Si](C)(C)OCC/C=C\COC(=N)C(Cl)(Cl)Cl. The molecule has 7 heteroatoms. The topological polar surface area (TPSA) is 42.3 Å². The Morgan fingerprint density at radius 2 is 1.70 bits per heavy atom. The number of nitrogens with one attached hydrogen (secondary N) is 1. The first-order valence-corrected chi connectivity index (χ1v) is 10.5. The normalized spacial score (nSPS) is 13.8. The van der Waals surface area contributed by atoms with Gasteiger partial charge in [-0.1, -0.05) is 67.7 Å². The molecule has 118 valence electrons. The van der Waals surface area contributed by atoms with Crippen LogP contribution in [0.3, 0.4) is 0 Å². The molecule has 0 saturated carbocycles. The molecule has 0 unspecified atom stereocenters. The maximum atomic E-state index is 7.34. The molecule has 0 fully saturated rings. The van der Waals surface area contributed by atoms with Gasteiger partial charge >= 0.3 is 0 Å². The molecule has 0 heterocycles. The van der Waals surface area contributed by atoms with Gasteiger partial charge in [0.15, 0.2) is 8.32 Å². The van der Waals surface area contributed by atoms with Crippen molar-refractivity contribution in [1.29, 1.82) is 5.41 Å². The van der Waals surface area contributed by atoms with Crippen LogP contribution in [0.15, 0.2) is 12.2 Å². The van der Waals surface area contributed by atoms with Crippen LogP contribution >= 0.6 is 34.8 Å². The van der Waals surface area contributed by atoms with E-state index in [-0.39, 0.29) is 17.5 Å². The Kier molecular flexibility index (Phi) is 8.14. The first-order chi connectivity index (χ1) is 8.88. The average Bonchev–Trinajstić information content (AvgIpc) is 2.24. The highest BCUT2D eigenvalue weighted by Gasteiger charge is 2.36. The molecule has 0 atom stereocenters. The van der Waals surface area contributed by atoms with E-state index in [2.05, 4.69) is 33.9 Å². The van der Waals surface area contributed by atoms with E-state index in [1.54, 1.807) is 6.08 Å². The van der Waals surface area contributed by atoms with Gasteiger partial charge in [-0.15, -0.1) is 0 Å². The highest BCUT2D eigenvalue weighted by molar-refractivity contribution is 6.76. The number of halogens is 3. The van der Waals surface area contributed by atoms with Crippen LogP contribution in [0.2, 0.25) is 18.1 Å². The zero-order valence-corrected chi connectivity index (χ0v) is 16.0. The van der Waals surface area contributed by atoms with Crippen molar-refractivity contribution in [3.8, 4) is 0 Å². The largest absolute Gasteiger partial charge is 0.474 e. The first-order valence-electron chi connectivity index (χ1n) is 6.45. The Bertz CT molecular complexity index is 347. The van der Waals surface area contributed by atoms with Gasteiger partial charge in [-0.2, -0.15) is 0 Å². The minimum Gasteiger partial charge on any atom is -0.474 e. The molecule has 0 saturated heterocycles. The predicted octanol–water partition coefficient (Wildman–Crippen LogP) is 5.32. The van der Waals surface area contributed by atoms with Crippen LogP contribution in [0, 0.1) is 5.41 Å². The Labute approximate surface area is 138 Å². The Balaban J connectivity index is 3.88.